The van der Waals surface area contributed by atoms with Crippen LogP contribution in [0.4, 0.5) is 0 Å². The van der Waals surface area contributed by atoms with Gasteiger partial charge in [-0.15, -0.1) is 11.3 Å². The van der Waals surface area contributed by atoms with Gasteiger partial charge in [0.05, 0.1) is 11.1 Å². The van der Waals surface area contributed by atoms with E-state index in [4.69, 9.17) is 9.47 Å². The van der Waals surface area contributed by atoms with E-state index < -0.39 is 15.9 Å². The van der Waals surface area contributed by atoms with Gasteiger partial charge in [-0.3, -0.25) is 9.48 Å². The summed E-state index contributed by atoms with van der Waals surface area (Å²) in [4.78, 5) is 13.5. The minimum absolute atomic E-state index is 0.0497. The minimum Gasteiger partial charge on any atom is -0.486 e. The number of nitrogens with one attached hydrogen (secondary N) is 1. The van der Waals surface area contributed by atoms with Crippen molar-refractivity contribution in [2.45, 2.75) is 18.4 Å². The highest BCUT2D eigenvalue weighted by Crippen LogP contribution is 2.36. The first-order valence-electron chi connectivity index (χ1n) is 8.56. The lowest BCUT2D eigenvalue weighted by atomic mass is 10.1. The lowest BCUT2D eigenvalue weighted by Gasteiger charge is -2.18. The van der Waals surface area contributed by atoms with Gasteiger partial charge in [-0.25, -0.2) is 13.1 Å². The van der Waals surface area contributed by atoms with Crippen molar-refractivity contribution in [3.05, 3.63) is 47.6 Å². The Balaban J connectivity index is 1.53. The third kappa shape index (κ3) is 3.60. The zero-order chi connectivity index (χ0) is 19.7. The van der Waals surface area contributed by atoms with Crippen LogP contribution < -0.4 is 14.2 Å². The van der Waals surface area contributed by atoms with E-state index in [1.54, 1.807) is 12.1 Å². The number of fused-ring (bicyclic) bond motifs is 1. The van der Waals surface area contributed by atoms with Gasteiger partial charge in [0.25, 0.3) is 15.9 Å². The smallest absolute Gasteiger partial charge is 0.275 e. The number of hydrogen-bond donors (Lipinski definition) is 1. The normalized spacial score (nSPS) is 13.3. The third-order valence-electron chi connectivity index (χ3n) is 4.13. The first kappa shape index (κ1) is 18.5. The number of carbonyl (C=O) groups is 1. The van der Waals surface area contributed by atoms with E-state index in [-0.39, 0.29) is 9.77 Å². The van der Waals surface area contributed by atoms with Gasteiger partial charge < -0.3 is 9.47 Å². The molecule has 4 rings (SSSR count). The van der Waals surface area contributed by atoms with Crippen molar-refractivity contribution < 1.29 is 22.7 Å². The molecule has 28 heavy (non-hydrogen) atoms. The van der Waals surface area contributed by atoms with Crippen LogP contribution in [0, 0.1) is 0 Å². The molecule has 10 heteroatoms. The van der Waals surface area contributed by atoms with E-state index >= 15 is 0 Å². The molecular weight excluding hydrogens is 402 g/mol. The number of thiophene rings is 1. The number of nitrogens with zero attached hydrogens (tertiary/aromatic N) is 2. The van der Waals surface area contributed by atoms with Crippen LogP contribution >= 0.6 is 11.3 Å². The summed E-state index contributed by atoms with van der Waals surface area (Å²) in [6.07, 6.45) is 2.60. The summed E-state index contributed by atoms with van der Waals surface area (Å²) in [6, 6.07) is 8.90. The molecule has 3 aromatic rings. The Labute approximate surface area is 165 Å². The quantitative estimate of drug-likeness (QED) is 0.682. The number of amides is 1. The van der Waals surface area contributed by atoms with Crippen LogP contribution in [0.1, 0.15) is 16.6 Å². The summed E-state index contributed by atoms with van der Waals surface area (Å²) in [6.45, 7) is 3.38. The van der Waals surface area contributed by atoms with Crippen LogP contribution in [0.5, 0.6) is 11.5 Å². The Bertz CT molecular complexity index is 1130. The van der Waals surface area contributed by atoms with Gasteiger partial charge in [0, 0.05) is 17.6 Å². The van der Waals surface area contributed by atoms with Gasteiger partial charge >= 0.3 is 0 Å². The van der Waals surface area contributed by atoms with Crippen LogP contribution in [0.25, 0.3) is 10.4 Å². The number of rotatable bonds is 5. The van der Waals surface area contributed by atoms with E-state index in [1.807, 2.05) is 25.1 Å². The molecule has 0 bridgehead atoms. The average Bonchev–Trinajstić information content (AvgIpc) is 3.37. The molecule has 0 saturated carbocycles. The largest absolute Gasteiger partial charge is 0.486 e. The fourth-order valence-corrected chi connectivity index (χ4v) is 4.58. The summed E-state index contributed by atoms with van der Waals surface area (Å²) < 4.78 is 39.4. The predicted molar refractivity (Wildman–Crippen MR) is 103 cm³/mol. The molecule has 1 aliphatic heterocycles. The van der Waals surface area contributed by atoms with Crippen molar-refractivity contribution in [1.29, 1.82) is 0 Å². The van der Waals surface area contributed by atoms with Crippen molar-refractivity contribution >= 4 is 27.3 Å². The van der Waals surface area contributed by atoms with Gasteiger partial charge in [-0.1, -0.05) is 0 Å². The second kappa shape index (κ2) is 7.28. The van der Waals surface area contributed by atoms with Gasteiger partial charge in [-0.05, 0) is 42.8 Å². The predicted octanol–water partition coefficient (Wildman–Crippen LogP) is 2.52. The molecule has 8 nitrogen and oxygen atoms in total. The first-order chi connectivity index (χ1) is 13.5. The van der Waals surface area contributed by atoms with Crippen molar-refractivity contribution in [2.24, 2.45) is 0 Å². The fraction of sp³-hybridized carbons (Fsp3) is 0.222. The highest BCUT2D eigenvalue weighted by Gasteiger charge is 2.22. The number of benzene rings is 1. The molecule has 2 aromatic heterocycles. The zero-order valence-electron chi connectivity index (χ0n) is 14.9. The molecule has 1 aliphatic rings. The van der Waals surface area contributed by atoms with Crippen LogP contribution in [0.2, 0.25) is 0 Å². The lowest BCUT2D eigenvalue weighted by molar-refractivity contribution is 0.0985. The molecule has 0 aliphatic carbocycles. The van der Waals surface area contributed by atoms with E-state index in [0.29, 0.717) is 31.3 Å². The molecule has 1 N–H and O–H groups in total. The van der Waals surface area contributed by atoms with Crippen LogP contribution in [0.3, 0.4) is 0 Å². The second-order valence-corrected chi connectivity index (χ2v) is 8.75. The highest BCUT2D eigenvalue weighted by molar-refractivity contribution is 7.90. The first-order valence-corrected chi connectivity index (χ1v) is 10.9. The van der Waals surface area contributed by atoms with Gasteiger partial charge in [0.1, 0.15) is 18.1 Å². The Kier molecular flexibility index (Phi) is 4.82. The fourth-order valence-electron chi connectivity index (χ4n) is 2.70. The van der Waals surface area contributed by atoms with Crippen molar-refractivity contribution in [3.63, 3.8) is 0 Å². The summed E-state index contributed by atoms with van der Waals surface area (Å²) >= 11 is 1.20. The molecule has 146 valence electrons. The Morgan fingerprint density at radius 1 is 1.21 bits per heavy atom. The lowest BCUT2D eigenvalue weighted by Crippen LogP contribution is -2.29. The van der Waals surface area contributed by atoms with Crippen LogP contribution in [-0.2, 0) is 16.6 Å². The Hall–Kier alpha value is -2.85. The maximum absolute atomic E-state index is 12.4. The van der Waals surface area contributed by atoms with E-state index in [1.165, 1.54) is 28.4 Å². The maximum atomic E-state index is 12.4. The number of aromatic nitrogens is 2. The summed E-state index contributed by atoms with van der Waals surface area (Å²) in [5, 5.41) is 3.93. The number of hydrogen-bond acceptors (Lipinski definition) is 7. The Morgan fingerprint density at radius 3 is 2.75 bits per heavy atom. The molecule has 0 saturated heterocycles. The summed E-state index contributed by atoms with van der Waals surface area (Å²) in [5.74, 6) is 0.653. The SMILES string of the molecule is CCn1cc(S(=O)(=O)NC(=O)c2ccc(-c3ccc4c(c3)OCCO4)s2)cn1. The molecule has 3 heterocycles. The molecule has 1 amide bonds. The third-order valence-corrected chi connectivity index (χ3v) is 6.55. The number of ether oxygens (including phenoxy) is 2. The average molecular weight is 419 g/mol. The molecule has 0 radical (unpaired) electrons. The van der Waals surface area contributed by atoms with Crippen molar-refractivity contribution in [3.8, 4) is 21.9 Å². The van der Waals surface area contributed by atoms with Crippen LogP contribution in [-0.4, -0.2) is 37.3 Å². The molecule has 0 unspecified atom stereocenters. The molecule has 0 fully saturated rings. The van der Waals surface area contributed by atoms with Gasteiger partial charge in [-0.2, -0.15) is 5.10 Å². The number of aryl methyl sites for hydroxylation is 1. The second-order valence-electron chi connectivity index (χ2n) is 5.99. The topological polar surface area (TPSA) is 99.5 Å². The Morgan fingerprint density at radius 2 is 2.00 bits per heavy atom. The number of carbonyl (C=O) groups excluding carboxylic acids is 1. The summed E-state index contributed by atoms with van der Waals surface area (Å²) in [7, 11) is -3.98. The zero-order valence-corrected chi connectivity index (χ0v) is 16.5. The van der Waals surface area contributed by atoms with Gasteiger partial charge in [0.2, 0.25) is 0 Å². The molecular formula is C18H17N3O5S2. The standard InChI is InChI=1S/C18H17N3O5S2/c1-2-21-11-13(10-19-21)28(23,24)20-18(22)17-6-5-16(27-17)12-3-4-14-15(9-12)26-8-7-25-14/h3-6,9-11H,2,7-8H2,1H3,(H,20,22). The monoisotopic (exact) mass is 419 g/mol. The van der Waals surface area contributed by atoms with E-state index in [9.17, 15) is 13.2 Å². The van der Waals surface area contributed by atoms with E-state index in [0.717, 1.165) is 10.4 Å². The van der Waals surface area contributed by atoms with E-state index in [2.05, 4.69) is 9.82 Å². The molecule has 0 spiro atoms. The van der Waals surface area contributed by atoms with Gasteiger partial charge in [0.15, 0.2) is 11.5 Å². The summed E-state index contributed by atoms with van der Waals surface area (Å²) in [5.41, 5.74) is 0.861. The van der Waals surface area contributed by atoms with Crippen molar-refractivity contribution in [2.75, 3.05) is 13.2 Å². The van der Waals surface area contributed by atoms with Crippen molar-refractivity contribution in [1.82, 2.24) is 14.5 Å². The highest BCUT2D eigenvalue weighted by atomic mass is 32.2. The number of sulfonamides is 1. The molecule has 1 aromatic carbocycles. The maximum Gasteiger partial charge on any atom is 0.275 e. The molecule has 0 atom stereocenters. The van der Waals surface area contributed by atoms with Crippen LogP contribution in [0.15, 0.2) is 47.6 Å². The minimum atomic E-state index is -3.98.